The number of halogens is 1. The molecule has 0 fully saturated rings. The molecule has 0 aliphatic heterocycles. The van der Waals surface area contributed by atoms with Gasteiger partial charge in [-0.1, -0.05) is 6.07 Å². The molecular formula is C21H25FN4O2. The number of aryl methyl sites for hydroxylation is 2. The molecule has 3 rings (SSSR count). The van der Waals surface area contributed by atoms with Crippen LogP contribution in [0.25, 0.3) is 10.9 Å². The van der Waals surface area contributed by atoms with Crippen molar-refractivity contribution in [1.29, 1.82) is 0 Å². The number of aromatic nitrogens is 2. The molecule has 148 valence electrons. The molecule has 1 atom stereocenters. The maximum Gasteiger partial charge on any atom is 0.405 e. The molecule has 0 saturated heterocycles. The zero-order valence-corrected chi connectivity index (χ0v) is 15.6. The first-order valence-electron chi connectivity index (χ1n) is 9.49. The van der Waals surface area contributed by atoms with Crippen molar-refractivity contribution in [3.05, 3.63) is 65.9 Å². The highest BCUT2D eigenvalue weighted by atomic mass is 19.1. The van der Waals surface area contributed by atoms with E-state index in [9.17, 15) is 9.18 Å². The van der Waals surface area contributed by atoms with Gasteiger partial charge in [-0.3, -0.25) is 10.3 Å². The van der Waals surface area contributed by atoms with Crippen molar-refractivity contribution < 1.29 is 14.3 Å². The number of nitrogens with zero attached hydrogens (tertiary/aromatic N) is 1. The van der Waals surface area contributed by atoms with Gasteiger partial charge >= 0.3 is 6.09 Å². The van der Waals surface area contributed by atoms with Gasteiger partial charge in [0.2, 0.25) is 0 Å². The number of hydrogen-bond donors (Lipinski definition) is 4. The van der Waals surface area contributed by atoms with Gasteiger partial charge in [-0.05, 0) is 79.4 Å². The fourth-order valence-electron chi connectivity index (χ4n) is 3.30. The molecule has 3 aromatic rings. The summed E-state index contributed by atoms with van der Waals surface area (Å²) in [6, 6.07) is 10.0. The van der Waals surface area contributed by atoms with Gasteiger partial charge in [0.15, 0.2) is 0 Å². The lowest BCUT2D eigenvalue weighted by Gasteiger charge is -2.18. The van der Waals surface area contributed by atoms with E-state index < -0.39 is 6.09 Å². The minimum Gasteiger partial charge on any atom is -0.465 e. The van der Waals surface area contributed by atoms with Crippen LogP contribution in [0, 0.1) is 5.82 Å². The maximum absolute atomic E-state index is 13.6. The second kappa shape index (κ2) is 9.85. The van der Waals surface area contributed by atoms with Gasteiger partial charge in [0.25, 0.3) is 0 Å². The van der Waals surface area contributed by atoms with E-state index in [1.807, 2.05) is 12.3 Å². The normalized spacial score (nSPS) is 12.2. The summed E-state index contributed by atoms with van der Waals surface area (Å²) in [6.45, 7) is 0.599. The number of amides is 1. The van der Waals surface area contributed by atoms with Gasteiger partial charge < -0.3 is 15.4 Å². The average molecular weight is 384 g/mol. The van der Waals surface area contributed by atoms with Crippen molar-refractivity contribution in [2.75, 3.05) is 6.54 Å². The molecule has 4 N–H and O–H groups in total. The Labute approximate surface area is 163 Å². The van der Waals surface area contributed by atoms with Crippen LogP contribution in [0.15, 0.2) is 48.9 Å². The van der Waals surface area contributed by atoms with Gasteiger partial charge in [-0.15, -0.1) is 0 Å². The zero-order chi connectivity index (χ0) is 19.8. The summed E-state index contributed by atoms with van der Waals surface area (Å²) in [5.41, 5.74) is 2.97. The number of aromatic amines is 1. The number of benzene rings is 1. The van der Waals surface area contributed by atoms with Crippen LogP contribution < -0.4 is 10.6 Å². The molecule has 2 aromatic heterocycles. The van der Waals surface area contributed by atoms with E-state index in [-0.39, 0.29) is 12.0 Å². The third-order valence-corrected chi connectivity index (χ3v) is 4.74. The molecule has 2 heterocycles. The molecule has 1 aromatic carbocycles. The first-order chi connectivity index (χ1) is 13.6. The molecule has 0 spiro atoms. The minimum absolute atomic E-state index is 0.304. The van der Waals surface area contributed by atoms with E-state index in [4.69, 9.17) is 5.11 Å². The van der Waals surface area contributed by atoms with Crippen LogP contribution in [-0.4, -0.2) is 33.9 Å². The monoisotopic (exact) mass is 384 g/mol. The van der Waals surface area contributed by atoms with Crippen molar-refractivity contribution in [3.8, 4) is 0 Å². The largest absolute Gasteiger partial charge is 0.465 e. The van der Waals surface area contributed by atoms with Crippen LogP contribution in [0.4, 0.5) is 9.18 Å². The minimum atomic E-state index is -1.05. The van der Waals surface area contributed by atoms with Crippen molar-refractivity contribution in [1.82, 2.24) is 20.6 Å². The molecular weight excluding hydrogens is 359 g/mol. The number of H-pyrrole nitrogens is 1. The molecule has 0 radical (unpaired) electrons. The number of carbonyl (C=O) groups is 1. The van der Waals surface area contributed by atoms with E-state index in [1.165, 1.54) is 17.1 Å². The van der Waals surface area contributed by atoms with Gasteiger partial charge in [0, 0.05) is 17.9 Å². The average Bonchev–Trinajstić information content (AvgIpc) is 3.13. The topological polar surface area (TPSA) is 90.0 Å². The number of hydrogen-bond acceptors (Lipinski definition) is 3. The number of fused-ring (bicyclic) bond motifs is 1. The van der Waals surface area contributed by atoms with Crippen molar-refractivity contribution in [3.63, 3.8) is 0 Å². The van der Waals surface area contributed by atoms with E-state index in [0.29, 0.717) is 31.4 Å². The fourth-order valence-corrected chi connectivity index (χ4v) is 3.30. The second-order valence-electron chi connectivity index (χ2n) is 6.82. The van der Waals surface area contributed by atoms with Crippen LogP contribution >= 0.6 is 0 Å². The molecule has 7 heteroatoms. The van der Waals surface area contributed by atoms with Gasteiger partial charge in [-0.25, -0.2) is 9.18 Å². The Morgan fingerprint density at radius 1 is 1.21 bits per heavy atom. The summed E-state index contributed by atoms with van der Waals surface area (Å²) in [4.78, 5) is 18.0. The molecule has 1 amide bonds. The summed E-state index contributed by atoms with van der Waals surface area (Å²) in [5.74, 6) is -0.304. The predicted molar refractivity (Wildman–Crippen MR) is 107 cm³/mol. The molecule has 0 bridgehead atoms. The number of pyridine rings is 1. The highest BCUT2D eigenvalue weighted by Gasteiger charge is 2.11. The Kier molecular flexibility index (Phi) is 6.97. The van der Waals surface area contributed by atoms with Gasteiger partial charge in [-0.2, -0.15) is 0 Å². The quantitative estimate of drug-likeness (QED) is 0.316. The Balaban J connectivity index is 1.43. The SMILES string of the molecule is O=C(O)NC(CCCc1ccc2[nH]ccc2c1)NCCCc1ccncc1F. The summed E-state index contributed by atoms with van der Waals surface area (Å²) in [7, 11) is 0. The third kappa shape index (κ3) is 5.79. The predicted octanol–water partition coefficient (Wildman–Crippen LogP) is 3.84. The van der Waals surface area contributed by atoms with Crippen LogP contribution in [0.3, 0.4) is 0 Å². The molecule has 28 heavy (non-hydrogen) atoms. The molecule has 0 aliphatic carbocycles. The second-order valence-corrected chi connectivity index (χ2v) is 6.82. The first-order valence-corrected chi connectivity index (χ1v) is 9.49. The van der Waals surface area contributed by atoms with Gasteiger partial charge in [0.05, 0.1) is 12.4 Å². The number of nitrogens with one attached hydrogen (secondary N) is 3. The van der Waals surface area contributed by atoms with E-state index in [2.05, 4.69) is 38.8 Å². The molecule has 0 saturated carbocycles. The van der Waals surface area contributed by atoms with E-state index in [1.54, 1.807) is 12.3 Å². The van der Waals surface area contributed by atoms with E-state index >= 15 is 0 Å². The Hall–Kier alpha value is -2.93. The number of carboxylic acid groups (broad SMARTS) is 1. The van der Waals surface area contributed by atoms with Crippen LogP contribution in [-0.2, 0) is 12.8 Å². The standard InChI is InChI=1S/C21H25FN4O2/c22-18-14-23-11-8-16(18)4-2-10-25-20(26-21(27)28)5-1-3-15-6-7-19-17(13-15)9-12-24-19/h6-9,11-14,20,24-26H,1-5,10H2,(H,27,28). The summed E-state index contributed by atoms with van der Waals surface area (Å²) >= 11 is 0. The molecule has 0 aliphatic rings. The third-order valence-electron chi connectivity index (χ3n) is 4.74. The van der Waals surface area contributed by atoms with Crippen LogP contribution in [0.5, 0.6) is 0 Å². The first kappa shape index (κ1) is 19.8. The lowest BCUT2D eigenvalue weighted by molar-refractivity contribution is 0.185. The zero-order valence-electron chi connectivity index (χ0n) is 15.6. The fraction of sp³-hybridized carbons (Fsp3) is 0.333. The van der Waals surface area contributed by atoms with Crippen molar-refractivity contribution in [2.24, 2.45) is 0 Å². The molecule has 6 nitrogen and oxygen atoms in total. The Morgan fingerprint density at radius 3 is 2.93 bits per heavy atom. The summed E-state index contributed by atoms with van der Waals surface area (Å²) in [6.07, 6.45) is 7.04. The lowest BCUT2D eigenvalue weighted by Crippen LogP contribution is -2.45. The van der Waals surface area contributed by atoms with Gasteiger partial charge in [0.1, 0.15) is 5.82 Å². The maximum atomic E-state index is 13.6. The lowest BCUT2D eigenvalue weighted by atomic mass is 10.1. The van der Waals surface area contributed by atoms with Crippen molar-refractivity contribution in [2.45, 2.75) is 38.3 Å². The summed E-state index contributed by atoms with van der Waals surface area (Å²) < 4.78 is 13.6. The number of rotatable bonds is 10. The van der Waals surface area contributed by atoms with Crippen LogP contribution in [0.1, 0.15) is 30.4 Å². The highest BCUT2D eigenvalue weighted by Crippen LogP contribution is 2.16. The highest BCUT2D eigenvalue weighted by molar-refractivity contribution is 5.79. The smallest absolute Gasteiger partial charge is 0.405 e. The van der Waals surface area contributed by atoms with Crippen LogP contribution in [0.2, 0.25) is 0 Å². The Morgan fingerprint density at radius 2 is 2.11 bits per heavy atom. The Bertz CT molecular complexity index is 912. The van der Waals surface area contributed by atoms with Crippen molar-refractivity contribution >= 4 is 17.0 Å². The molecule has 1 unspecified atom stereocenters. The summed E-state index contributed by atoms with van der Waals surface area (Å²) in [5, 5.41) is 16.0. The van der Waals surface area contributed by atoms with E-state index in [0.717, 1.165) is 18.4 Å².